The molecule has 0 saturated carbocycles. The lowest BCUT2D eigenvalue weighted by atomic mass is 10.0. The fourth-order valence-electron chi connectivity index (χ4n) is 1.60. The average Bonchev–Trinajstić information content (AvgIpc) is 2.37. The normalized spacial score (nSPS) is 29.2. The molecule has 1 N–H and O–H groups in total. The SMILES string of the molecule is CC(O)C1CCN(CCS)C1. The highest BCUT2D eigenvalue weighted by Gasteiger charge is 2.24. The number of likely N-dealkylation sites (tertiary alicyclic amines) is 1. The van der Waals surface area contributed by atoms with Crippen molar-refractivity contribution in [2.24, 2.45) is 5.92 Å². The van der Waals surface area contributed by atoms with E-state index in [0.717, 1.165) is 31.8 Å². The fourth-order valence-corrected chi connectivity index (χ4v) is 1.88. The number of nitrogens with zero attached hydrogens (tertiary/aromatic N) is 1. The smallest absolute Gasteiger partial charge is 0.0552 e. The lowest BCUT2D eigenvalue weighted by Crippen LogP contribution is -2.25. The molecule has 66 valence electrons. The highest BCUT2D eigenvalue weighted by molar-refractivity contribution is 7.80. The van der Waals surface area contributed by atoms with Crippen LogP contribution in [0, 0.1) is 5.92 Å². The maximum atomic E-state index is 9.29. The molecule has 1 fully saturated rings. The minimum atomic E-state index is -0.139. The van der Waals surface area contributed by atoms with Crippen LogP contribution in [0.15, 0.2) is 0 Å². The second-order valence-corrected chi connectivity index (χ2v) is 3.76. The molecular weight excluding hydrogens is 158 g/mol. The zero-order valence-corrected chi connectivity index (χ0v) is 7.93. The number of thiol groups is 1. The van der Waals surface area contributed by atoms with Gasteiger partial charge in [0.1, 0.15) is 0 Å². The molecule has 2 atom stereocenters. The van der Waals surface area contributed by atoms with Gasteiger partial charge in [0.05, 0.1) is 6.10 Å². The molecule has 2 unspecified atom stereocenters. The van der Waals surface area contributed by atoms with Gasteiger partial charge in [0.25, 0.3) is 0 Å². The van der Waals surface area contributed by atoms with Gasteiger partial charge in [-0.05, 0) is 25.8 Å². The molecule has 3 heteroatoms. The third kappa shape index (κ3) is 2.65. The van der Waals surface area contributed by atoms with Crippen molar-refractivity contribution in [2.75, 3.05) is 25.4 Å². The van der Waals surface area contributed by atoms with Gasteiger partial charge in [-0.3, -0.25) is 0 Å². The van der Waals surface area contributed by atoms with Gasteiger partial charge in [-0.25, -0.2) is 0 Å². The van der Waals surface area contributed by atoms with E-state index in [0.29, 0.717) is 5.92 Å². The van der Waals surface area contributed by atoms with Crippen LogP contribution in [0.1, 0.15) is 13.3 Å². The molecule has 1 aliphatic rings. The Bertz CT molecular complexity index is 119. The summed E-state index contributed by atoms with van der Waals surface area (Å²) in [5, 5.41) is 9.29. The van der Waals surface area contributed by atoms with Crippen molar-refractivity contribution >= 4 is 12.6 Å². The topological polar surface area (TPSA) is 23.5 Å². The van der Waals surface area contributed by atoms with Gasteiger partial charge in [0.15, 0.2) is 0 Å². The quantitative estimate of drug-likeness (QED) is 0.614. The van der Waals surface area contributed by atoms with Gasteiger partial charge in [-0.15, -0.1) is 0 Å². The lowest BCUT2D eigenvalue weighted by Gasteiger charge is -2.15. The van der Waals surface area contributed by atoms with E-state index in [-0.39, 0.29) is 6.10 Å². The molecule has 2 nitrogen and oxygen atoms in total. The molecule has 1 rings (SSSR count). The minimum Gasteiger partial charge on any atom is -0.393 e. The average molecular weight is 175 g/mol. The van der Waals surface area contributed by atoms with Gasteiger partial charge >= 0.3 is 0 Å². The Morgan fingerprint density at radius 2 is 2.45 bits per heavy atom. The van der Waals surface area contributed by atoms with E-state index < -0.39 is 0 Å². The Morgan fingerprint density at radius 1 is 1.73 bits per heavy atom. The summed E-state index contributed by atoms with van der Waals surface area (Å²) >= 11 is 4.17. The third-order valence-electron chi connectivity index (χ3n) is 2.41. The Hall–Kier alpha value is 0.270. The summed E-state index contributed by atoms with van der Waals surface area (Å²) in [6.07, 6.45) is 1.01. The van der Waals surface area contributed by atoms with Crippen LogP contribution in [0.4, 0.5) is 0 Å². The monoisotopic (exact) mass is 175 g/mol. The minimum absolute atomic E-state index is 0.139. The van der Waals surface area contributed by atoms with Crippen LogP contribution in [0.2, 0.25) is 0 Å². The first-order valence-corrected chi connectivity index (χ1v) is 4.88. The number of aliphatic hydroxyl groups is 1. The molecule has 1 aliphatic heterocycles. The maximum Gasteiger partial charge on any atom is 0.0552 e. The Labute approximate surface area is 74.0 Å². The van der Waals surface area contributed by atoms with E-state index in [1.165, 1.54) is 0 Å². The van der Waals surface area contributed by atoms with Crippen LogP contribution in [-0.4, -0.2) is 41.5 Å². The van der Waals surface area contributed by atoms with E-state index >= 15 is 0 Å². The zero-order chi connectivity index (χ0) is 8.27. The second kappa shape index (κ2) is 4.33. The van der Waals surface area contributed by atoms with Crippen molar-refractivity contribution in [1.82, 2.24) is 4.90 Å². The molecule has 1 saturated heterocycles. The van der Waals surface area contributed by atoms with E-state index in [2.05, 4.69) is 17.5 Å². The van der Waals surface area contributed by atoms with Crippen molar-refractivity contribution in [2.45, 2.75) is 19.4 Å². The summed E-state index contributed by atoms with van der Waals surface area (Å²) in [6.45, 7) is 5.13. The van der Waals surface area contributed by atoms with Gasteiger partial charge in [-0.1, -0.05) is 0 Å². The molecule has 0 aliphatic carbocycles. The standard InChI is InChI=1S/C8H17NOS/c1-7(10)8-2-3-9(6-8)4-5-11/h7-8,10-11H,2-6H2,1H3. The number of aliphatic hydroxyl groups excluding tert-OH is 1. The summed E-state index contributed by atoms with van der Waals surface area (Å²) in [5.41, 5.74) is 0. The highest BCUT2D eigenvalue weighted by Crippen LogP contribution is 2.18. The van der Waals surface area contributed by atoms with E-state index in [1.54, 1.807) is 0 Å². The first-order valence-electron chi connectivity index (χ1n) is 4.25. The van der Waals surface area contributed by atoms with Crippen LogP contribution in [-0.2, 0) is 0 Å². The van der Waals surface area contributed by atoms with Gasteiger partial charge in [-0.2, -0.15) is 12.6 Å². The van der Waals surface area contributed by atoms with Gasteiger partial charge in [0, 0.05) is 18.8 Å². The highest BCUT2D eigenvalue weighted by atomic mass is 32.1. The van der Waals surface area contributed by atoms with Crippen molar-refractivity contribution < 1.29 is 5.11 Å². The molecule has 0 aromatic rings. The van der Waals surface area contributed by atoms with Crippen molar-refractivity contribution in [1.29, 1.82) is 0 Å². The summed E-state index contributed by atoms with van der Waals surface area (Å²) < 4.78 is 0. The zero-order valence-electron chi connectivity index (χ0n) is 7.03. The summed E-state index contributed by atoms with van der Waals surface area (Å²) in [5.74, 6) is 1.42. The first-order chi connectivity index (χ1) is 5.24. The van der Waals surface area contributed by atoms with E-state index in [9.17, 15) is 5.11 Å². The van der Waals surface area contributed by atoms with Crippen molar-refractivity contribution in [3.63, 3.8) is 0 Å². The third-order valence-corrected chi connectivity index (χ3v) is 2.61. The first kappa shape index (κ1) is 9.36. The molecule has 0 bridgehead atoms. The van der Waals surface area contributed by atoms with Crippen LogP contribution in [0.3, 0.4) is 0 Å². The number of hydrogen-bond donors (Lipinski definition) is 2. The van der Waals surface area contributed by atoms with Crippen molar-refractivity contribution in [3.05, 3.63) is 0 Å². The van der Waals surface area contributed by atoms with Crippen LogP contribution in [0.25, 0.3) is 0 Å². The molecule has 0 amide bonds. The summed E-state index contributed by atoms with van der Waals surface area (Å²) in [7, 11) is 0. The Morgan fingerprint density at radius 3 is 2.91 bits per heavy atom. The van der Waals surface area contributed by atoms with Crippen LogP contribution < -0.4 is 0 Å². The van der Waals surface area contributed by atoms with E-state index in [1.807, 2.05) is 6.92 Å². The second-order valence-electron chi connectivity index (χ2n) is 3.31. The fraction of sp³-hybridized carbons (Fsp3) is 1.00. The predicted molar refractivity (Wildman–Crippen MR) is 50.1 cm³/mol. The van der Waals surface area contributed by atoms with Crippen molar-refractivity contribution in [3.8, 4) is 0 Å². The molecule has 1 heterocycles. The van der Waals surface area contributed by atoms with E-state index in [4.69, 9.17) is 0 Å². The molecule has 0 radical (unpaired) electrons. The molecular formula is C8H17NOS. The Balaban J connectivity index is 2.23. The molecule has 0 aromatic heterocycles. The van der Waals surface area contributed by atoms with Crippen LogP contribution >= 0.6 is 12.6 Å². The predicted octanol–water partition coefficient (Wildman–Crippen LogP) is 0.619. The summed E-state index contributed by atoms with van der Waals surface area (Å²) in [6, 6.07) is 0. The summed E-state index contributed by atoms with van der Waals surface area (Å²) in [4.78, 5) is 2.37. The van der Waals surface area contributed by atoms with Gasteiger partial charge in [0.2, 0.25) is 0 Å². The van der Waals surface area contributed by atoms with Gasteiger partial charge < -0.3 is 10.0 Å². The lowest BCUT2D eigenvalue weighted by molar-refractivity contribution is 0.128. The maximum absolute atomic E-state index is 9.29. The number of hydrogen-bond acceptors (Lipinski definition) is 3. The molecule has 0 spiro atoms. The molecule has 0 aromatic carbocycles. The largest absolute Gasteiger partial charge is 0.393 e. The molecule has 11 heavy (non-hydrogen) atoms. The number of rotatable bonds is 3. The Kier molecular flexibility index (Phi) is 3.69. The van der Waals surface area contributed by atoms with Crippen LogP contribution in [0.5, 0.6) is 0 Å².